The first kappa shape index (κ1) is 21.0. The molecule has 1 saturated heterocycles. The lowest BCUT2D eigenvalue weighted by Gasteiger charge is -2.37. The molecular weight excluding hydrogens is 390 g/mol. The van der Waals surface area contributed by atoms with Crippen LogP contribution in [0, 0.1) is 0 Å². The number of methoxy groups -OCH3 is 1. The van der Waals surface area contributed by atoms with E-state index in [-0.39, 0.29) is 5.69 Å². The first-order valence-corrected chi connectivity index (χ1v) is 11.1. The number of unbranched alkanes of at least 4 members (excludes halogenated alkanes) is 2. The predicted octanol–water partition coefficient (Wildman–Crippen LogP) is 3.56. The van der Waals surface area contributed by atoms with Gasteiger partial charge in [-0.25, -0.2) is 14.0 Å². The Bertz CT molecular complexity index is 1020. The van der Waals surface area contributed by atoms with Crippen molar-refractivity contribution in [3.8, 4) is 11.4 Å². The minimum absolute atomic E-state index is 0.0723. The van der Waals surface area contributed by atoms with Crippen molar-refractivity contribution in [3.05, 3.63) is 65.3 Å². The maximum atomic E-state index is 12.6. The summed E-state index contributed by atoms with van der Waals surface area (Å²) in [5, 5.41) is 4.27. The summed E-state index contributed by atoms with van der Waals surface area (Å²) >= 11 is 0. The third-order valence-corrected chi connectivity index (χ3v) is 5.92. The van der Waals surface area contributed by atoms with Crippen LogP contribution in [0.15, 0.2) is 59.7 Å². The normalized spacial score (nSPS) is 14.1. The van der Waals surface area contributed by atoms with Gasteiger partial charge in [0.2, 0.25) is 0 Å². The summed E-state index contributed by atoms with van der Waals surface area (Å²) in [4.78, 5) is 17.4. The van der Waals surface area contributed by atoms with Crippen molar-refractivity contribution in [2.45, 2.75) is 32.7 Å². The smallest absolute Gasteiger partial charge is 0.350 e. The van der Waals surface area contributed by atoms with Crippen molar-refractivity contribution in [3.63, 3.8) is 0 Å². The molecule has 0 amide bonds. The Morgan fingerprint density at radius 2 is 1.39 bits per heavy atom. The quantitative estimate of drug-likeness (QED) is 0.521. The van der Waals surface area contributed by atoms with Crippen LogP contribution in [0.3, 0.4) is 0 Å². The fourth-order valence-corrected chi connectivity index (χ4v) is 4.02. The molecule has 0 unspecified atom stereocenters. The van der Waals surface area contributed by atoms with Crippen molar-refractivity contribution in [1.29, 1.82) is 0 Å². The summed E-state index contributed by atoms with van der Waals surface area (Å²) in [6, 6.07) is 16.4. The summed E-state index contributed by atoms with van der Waals surface area (Å²) in [7, 11) is 1.69. The predicted molar refractivity (Wildman–Crippen MR) is 125 cm³/mol. The van der Waals surface area contributed by atoms with Crippen LogP contribution in [0.5, 0.6) is 5.75 Å². The summed E-state index contributed by atoms with van der Waals surface area (Å²) in [5.41, 5.74) is 3.19. The van der Waals surface area contributed by atoms with Gasteiger partial charge < -0.3 is 14.5 Å². The second-order valence-corrected chi connectivity index (χ2v) is 7.90. The van der Waals surface area contributed by atoms with E-state index in [9.17, 15) is 4.79 Å². The molecule has 0 spiro atoms. The third kappa shape index (κ3) is 4.76. The van der Waals surface area contributed by atoms with Crippen LogP contribution < -0.4 is 20.2 Å². The maximum absolute atomic E-state index is 12.6. The summed E-state index contributed by atoms with van der Waals surface area (Å²) < 4.78 is 8.43. The van der Waals surface area contributed by atoms with E-state index in [0.29, 0.717) is 6.54 Å². The van der Waals surface area contributed by atoms with Crippen molar-refractivity contribution in [2.24, 2.45) is 0 Å². The molecule has 0 saturated carbocycles. The molecule has 0 N–H and O–H groups in total. The molecule has 0 atom stereocenters. The number of aryl methyl sites for hydroxylation is 1. The van der Waals surface area contributed by atoms with Gasteiger partial charge in [0.15, 0.2) is 0 Å². The molecule has 7 nitrogen and oxygen atoms in total. The van der Waals surface area contributed by atoms with E-state index in [4.69, 9.17) is 4.74 Å². The van der Waals surface area contributed by atoms with Crippen LogP contribution in [-0.2, 0) is 6.54 Å². The molecule has 0 bridgehead atoms. The highest BCUT2D eigenvalue weighted by molar-refractivity contribution is 5.54. The number of hydrogen-bond donors (Lipinski definition) is 0. The van der Waals surface area contributed by atoms with Gasteiger partial charge in [-0.2, -0.15) is 5.10 Å². The number of ether oxygens (including phenoxy) is 1. The second kappa shape index (κ2) is 9.73. The lowest BCUT2D eigenvalue weighted by molar-refractivity contribution is 0.415. The number of hydrogen-bond acceptors (Lipinski definition) is 5. The van der Waals surface area contributed by atoms with Gasteiger partial charge in [0.25, 0.3) is 0 Å². The van der Waals surface area contributed by atoms with Gasteiger partial charge in [0.1, 0.15) is 12.1 Å². The lowest BCUT2D eigenvalue weighted by Crippen LogP contribution is -2.46. The molecule has 1 aromatic heterocycles. The highest BCUT2D eigenvalue weighted by atomic mass is 16.5. The fourth-order valence-electron chi connectivity index (χ4n) is 4.02. The SMILES string of the molecule is CCCCCn1ncn(-c2ccc(N3CCN(c4ccc(OC)cc4)CC3)cc2)c1=O. The number of piperazine rings is 1. The molecule has 4 rings (SSSR count). The number of aromatic nitrogens is 3. The molecule has 1 fully saturated rings. The zero-order valence-electron chi connectivity index (χ0n) is 18.4. The monoisotopic (exact) mass is 421 g/mol. The first-order chi connectivity index (χ1) is 15.2. The van der Waals surface area contributed by atoms with Crippen LogP contribution in [0.25, 0.3) is 5.69 Å². The second-order valence-electron chi connectivity index (χ2n) is 7.90. The molecule has 2 heterocycles. The number of rotatable bonds is 8. The average Bonchev–Trinajstić information content (AvgIpc) is 3.20. The van der Waals surface area contributed by atoms with Gasteiger partial charge in [-0.05, 0) is 55.0 Å². The molecule has 31 heavy (non-hydrogen) atoms. The molecule has 7 heteroatoms. The molecule has 1 aliphatic rings. The Balaban J connectivity index is 1.37. The van der Waals surface area contributed by atoms with E-state index in [1.54, 1.807) is 22.7 Å². The van der Waals surface area contributed by atoms with Gasteiger partial charge in [-0.1, -0.05) is 19.8 Å². The number of anilines is 2. The Kier molecular flexibility index (Phi) is 6.60. The van der Waals surface area contributed by atoms with E-state index in [2.05, 4.69) is 46.1 Å². The Hall–Kier alpha value is -3.22. The molecule has 0 aliphatic carbocycles. The van der Waals surface area contributed by atoms with Crippen molar-refractivity contribution in [1.82, 2.24) is 14.3 Å². The summed E-state index contributed by atoms with van der Waals surface area (Å²) in [6.45, 7) is 6.69. The maximum Gasteiger partial charge on any atom is 0.350 e. The largest absolute Gasteiger partial charge is 0.497 e. The van der Waals surface area contributed by atoms with Crippen LogP contribution in [-0.4, -0.2) is 47.6 Å². The third-order valence-electron chi connectivity index (χ3n) is 5.92. The molecule has 1 aliphatic heterocycles. The van der Waals surface area contributed by atoms with E-state index in [1.807, 2.05) is 24.3 Å². The molecular formula is C24H31N5O2. The lowest BCUT2D eigenvalue weighted by atomic mass is 10.2. The zero-order chi connectivity index (χ0) is 21.6. The average molecular weight is 422 g/mol. The highest BCUT2D eigenvalue weighted by Gasteiger charge is 2.18. The first-order valence-electron chi connectivity index (χ1n) is 11.1. The number of nitrogens with zero attached hydrogens (tertiary/aromatic N) is 5. The zero-order valence-corrected chi connectivity index (χ0v) is 18.4. The van der Waals surface area contributed by atoms with Crippen LogP contribution in [0.4, 0.5) is 11.4 Å². The van der Waals surface area contributed by atoms with Crippen molar-refractivity contribution >= 4 is 11.4 Å². The van der Waals surface area contributed by atoms with Gasteiger partial charge in [0, 0.05) is 44.1 Å². The topological polar surface area (TPSA) is 55.5 Å². The minimum Gasteiger partial charge on any atom is -0.497 e. The van der Waals surface area contributed by atoms with Crippen LogP contribution in [0.2, 0.25) is 0 Å². The van der Waals surface area contributed by atoms with Crippen LogP contribution >= 0.6 is 0 Å². The van der Waals surface area contributed by atoms with E-state index in [0.717, 1.165) is 56.9 Å². The highest BCUT2D eigenvalue weighted by Crippen LogP contribution is 2.23. The standard InChI is InChI=1S/C24H31N5O2/c1-3-4-5-14-29-24(30)28(19-25-29)22-8-6-20(7-9-22)26-15-17-27(18-16-26)21-10-12-23(31-2)13-11-21/h6-13,19H,3-5,14-18H2,1-2H3. The van der Waals surface area contributed by atoms with E-state index in [1.165, 1.54) is 11.4 Å². The minimum atomic E-state index is -0.0723. The molecule has 3 aromatic rings. The molecule has 2 aromatic carbocycles. The Morgan fingerprint density at radius 1 is 0.839 bits per heavy atom. The number of benzene rings is 2. The summed E-state index contributed by atoms with van der Waals surface area (Å²) in [6.07, 6.45) is 4.84. The van der Waals surface area contributed by atoms with Gasteiger partial charge in [0.05, 0.1) is 12.8 Å². The van der Waals surface area contributed by atoms with Gasteiger partial charge in [-0.15, -0.1) is 0 Å². The van der Waals surface area contributed by atoms with Gasteiger partial charge in [-0.3, -0.25) is 0 Å². The van der Waals surface area contributed by atoms with E-state index < -0.39 is 0 Å². The van der Waals surface area contributed by atoms with Crippen molar-refractivity contribution < 1.29 is 4.74 Å². The fraction of sp³-hybridized carbons (Fsp3) is 0.417. The van der Waals surface area contributed by atoms with E-state index >= 15 is 0 Å². The molecule has 164 valence electrons. The Morgan fingerprint density at radius 3 is 1.94 bits per heavy atom. The van der Waals surface area contributed by atoms with Crippen LogP contribution in [0.1, 0.15) is 26.2 Å². The Labute approximate surface area is 183 Å². The van der Waals surface area contributed by atoms with Crippen molar-refractivity contribution in [2.75, 3.05) is 43.1 Å². The van der Waals surface area contributed by atoms with Gasteiger partial charge >= 0.3 is 5.69 Å². The molecule has 0 radical (unpaired) electrons. The summed E-state index contributed by atoms with van der Waals surface area (Å²) in [5.74, 6) is 0.882.